The van der Waals surface area contributed by atoms with E-state index in [1.54, 1.807) is 31.2 Å². The smallest absolute Gasteiger partial charge is 0.260 e. The lowest BCUT2D eigenvalue weighted by Gasteiger charge is -2.34. The van der Waals surface area contributed by atoms with Gasteiger partial charge in [-0.2, -0.15) is 0 Å². The summed E-state index contributed by atoms with van der Waals surface area (Å²) in [7, 11) is 0. The number of ether oxygens (including phenoxy) is 1. The molecule has 6 heteroatoms. The third-order valence-electron chi connectivity index (χ3n) is 4.34. The summed E-state index contributed by atoms with van der Waals surface area (Å²) >= 11 is 5.91. The van der Waals surface area contributed by atoms with Crippen LogP contribution >= 0.6 is 11.6 Å². The Labute approximate surface area is 149 Å². The zero-order chi connectivity index (χ0) is 17.4. The summed E-state index contributed by atoms with van der Waals surface area (Å²) in [5, 5.41) is 3.54. The van der Waals surface area contributed by atoms with Crippen LogP contribution in [0.4, 0.5) is 0 Å². The summed E-state index contributed by atoms with van der Waals surface area (Å²) in [6.45, 7) is 11.3. The van der Waals surface area contributed by atoms with Gasteiger partial charge in [0, 0.05) is 37.7 Å². The largest absolute Gasteiger partial charge is 0.481 e. The van der Waals surface area contributed by atoms with Gasteiger partial charge in [0.05, 0.1) is 0 Å². The molecule has 5 nitrogen and oxygen atoms in total. The molecule has 0 saturated carbocycles. The van der Waals surface area contributed by atoms with Gasteiger partial charge < -0.3 is 19.9 Å². The summed E-state index contributed by atoms with van der Waals surface area (Å²) in [5.74, 6) is 0.518. The van der Waals surface area contributed by atoms with Gasteiger partial charge >= 0.3 is 0 Å². The highest BCUT2D eigenvalue weighted by Gasteiger charge is 2.16. The van der Waals surface area contributed by atoms with E-state index in [1.807, 2.05) is 0 Å². The SMILES string of the molecule is CCN1CCN(CCCNC(=O)C(C)Oc2cccc(Cl)c2)CC1. The van der Waals surface area contributed by atoms with Crippen molar-refractivity contribution in [2.24, 2.45) is 0 Å². The molecule has 1 heterocycles. The number of likely N-dealkylation sites (N-methyl/N-ethyl adjacent to an activating group) is 1. The predicted octanol–water partition coefficient (Wildman–Crippen LogP) is 2.25. The highest BCUT2D eigenvalue weighted by Crippen LogP contribution is 2.18. The van der Waals surface area contributed by atoms with Gasteiger partial charge in [-0.25, -0.2) is 0 Å². The third-order valence-corrected chi connectivity index (χ3v) is 4.58. The van der Waals surface area contributed by atoms with Crippen LogP contribution in [0.2, 0.25) is 5.02 Å². The molecule has 1 amide bonds. The van der Waals surface area contributed by atoms with Gasteiger partial charge in [0.1, 0.15) is 5.75 Å². The Kier molecular flexibility index (Phi) is 7.82. The average molecular weight is 354 g/mol. The highest BCUT2D eigenvalue weighted by molar-refractivity contribution is 6.30. The van der Waals surface area contributed by atoms with Crippen LogP contribution in [0.5, 0.6) is 5.75 Å². The molecule has 1 aliphatic rings. The van der Waals surface area contributed by atoms with Crippen molar-refractivity contribution in [3.8, 4) is 5.75 Å². The first-order valence-electron chi connectivity index (χ1n) is 8.73. The van der Waals surface area contributed by atoms with E-state index >= 15 is 0 Å². The molecule has 1 atom stereocenters. The average Bonchev–Trinajstić information content (AvgIpc) is 2.59. The molecule has 0 radical (unpaired) electrons. The molecule has 1 unspecified atom stereocenters. The molecule has 1 aromatic carbocycles. The maximum atomic E-state index is 12.1. The fraction of sp³-hybridized carbons (Fsp3) is 0.611. The monoisotopic (exact) mass is 353 g/mol. The Balaban J connectivity index is 1.61. The van der Waals surface area contributed by atoms with E-state index in [9.17, 15) is 4.79 Å². The maximum absolute atomic E-state index is 12.1. The van der Waals surface area contributed by atoms with Gasteiger partial charge in [-0.1, -0.05) is 24.6 Å². The molecular formula is C18H28ClN3O2. The fourth-order valence-electron chi connectivity index (χ4n) is 2.79. The first-order chi connectivity index (χ1) is 11.6. The Bertz CT molecular complexity index is 519. The van der Waals surface area contributed by atoms with Crippen molar-refractivity contribution in [2.75, 3.05) is 45.8 Å². The maximum Gasteiger partial charge on any atom is 0.260 e. The summed E-state index contributed by atoms with van der Waals surface area (Å²) in [4.78, 5) is 17.0. The molecular weight excluding hydrogens is 326 g/mol. The van der Waals surface area contributed by atoms with Crippen molar-refractivity contribution in [2.45, 2.75) is 26.4 Å². The number of benzene rings is 1. The molecule has 1 fully saturated rings. The molecule has 2 rings (SSSR count). The van der Waals surface area contributed by atoms with Crippen LogP contribution in [0.3, 0.4) is 0 Å². The number of amides is 1. The molecule has 0 aromatic heterocycles. The summed E-state index contributed by atoms with van der Waals surface area (Å²) in [6.07, 6.45) is 0.429. The quantitative estimate of drug-likeness (QED) is 0.728. The third kappa shape index (κ3) is 6.30. The van der Waals surface area contributed by atoms with Crippen LogP contribution < -0.4 is 10.1 Å². The number of halogens is 1. The second-order valence-electron chi connectivity index (χ2n) is 6.14. The second-order valence-corrected chi connectivity index (χ2v) is 6.57. The fourth-order valence-corrected chi connectivity index (χ4v) is 2.97. The Morgan fingerprint density at radius 3 is 2.67 bits per heavy atom. The topological polar surface area (TPSA) is 44.8 Å². The van der Waals surface area contributed by atoms with Crippen molar-refractivity contribution >= 4 is 17.5 Å². The summed E-state index contributed by atoms with van der Waals surface area (Å²) < 4.78 is 5.62. The van der Waals surface area contributed by atoms with Crippen LogP contribution in [0.15, 0.2) is 24.3 Å². The molecule has 0 spiro atoms. The predicted molar refractivity (Wildman–Crippen MR) is 97.7 cm³/mol. The van der Waals surface area contributed by atoms with Crippen molar-refractivity contribution in [3.05, 3.63) is 29.3 Å². The van der Waals surface area contributed by atoms with Crippen LogP contribution in [0.1, 0.15) is 20.3 Å². The normalized spacial score (nSPS) is 17.5. The Morgan fingerprint density at radius 2 is 2.00 bits per heavy atom. The van der Waals surface area contributed by atoms with Crippen molar-refractivity contribution < 1.29 is 9.53 Å². The van der Waals surface area contributed by atoms with E-state index < -0.39 is 6.10 Å². The van der Waals surface area contributed by atoms with Gasteiger partial charge in [0.25, 0.3) is 5.91 Å². The number of carbonyl (C=O) groups is 1. The number of nitrogens with one attached hydrogen (secondary N) is 1. The standard InChI is InChI=1S/C18H28ClN3O2/c1-3-21-10-12-22(13-11-21)9-5-8-20-18(23)15(2)24-17-7-4-6-16(19)14-17/h4,6-7,14-15H,3,5,8-13H2,1-2H3,(H,20,23). The zero-order valence-corrected chi connectivity index (χ0v) is 15.4. The lowest BCUT2D eigenvalue weighted by molar-refractivity contribution is -0.127. The lowest BCUT2D eigenvalue weighted by atomic mass is 10.3. The van der Waals surface area contributed by atoms with E-state index in [0.29, 0.717) is 17.3 Å². The van der Waals surface area contributed by atoms with Gasteiger partial charge in [0.15, 0.2) is 6.10 Å². The van der Waals surface area contributed by atoms with Gasteiger partial charge in [0.2, 0.25) is 0 Å². The van der Waals surface area contributed by atoms with Crippen LogP contribution in [0, 0.1) is 0 Å². The lowest BCUT2D eigenvalue weighted by Crippen LogP contribution is -2.46. The zero-order valence-electron chi connectivity index (χ0n) is 14.6. The first kappa shape index (κ1) is 19.0. The Hall–Kier alpha value is -1.30. The number of carbonyl (C=O) groups excluding carboxylic acids is 1. The van der Waals surface area contributed by atoms with Crippen LogP contribution in [-0.2, 0) is 4.79 Å². The number of hydrogen-bond acceptors (Lipinski definition) is 4. The minimum atomic E-state index is -0.531. The number of piperazine rings is 1. The van der Waals surface area contributed by atoms with Gasteiger partial charge in [-0.3, -0.25) is 4.79 Å². The minimum Gasteiger partial charge on any atom is -0.481 e. The molecule has 1 saturated heterocycles. The minimum absolute atomic E-state index is 0.0919. The van der Waals surface area contributed by atoms with Crippen LogP contribution in [-0.4, -0.2) is 67.6 Å². The number of rotatable bonds is 8. The number of hydrogen-bond donors (Lipinski definition) is 1. The molecule has 1 aromatic rings. The molecule has 24 heavy (non-hydrogen) atoms. The van der Waals surface area contributed by atoms with E-state index in [1.165, 1.54) is 0 Å². The second kappa shape index (κ2) is 9.87. The number of nitrogens with zero attached hydrogens (tertiary/aromatic N) is 2. The molecule has 134 valence electrons. The Morgan fingerprint density at radius 1 is 1.29 bits per heavy atom. The molecule has 1 N–H and O–H groups in total. The van der Waals surface area contributed by atoms with Crippen molar-refractivity contribution in [1.82, 2.24) is 15.1 Å². The first-order valence-corrected chi connectivity index (χ1v) is 9.11. The highest BCUT2D eigenvalue weighted by atomic mass is 35.5. The van der Waals surface area contributed by atoms with Crippen molar-refractivity contribution in [1.29, 1.82) is 0 Å². The summed E-state index contributed by atoms with van der Waals surface area (Å²) in [5.41, 5.74) is 0. The molecule has 0 aliphatic carbocycles. The van der Waals surface area contributed by atoms with E-state index in [-0.39, 0.29) is 5.91 Å². The molecule has 1 aliphatic heterocycles. The van der Waals surface area contributed by atoms with Gasteiger partial charge in [-0.05, 0) is 44.6 Å². The summed E-state index contributed by atoms with van der Waals surface area (Å²) in [6, 6.07) is 7.09. The van der Waals surface area contributed by atoms with E-state index in [0.717, 1.165) is 45.7 Å². The van der Waals surface area contributed by atoms with E-state index in [4.69, 9.17) is 16.3 Å². The van der Waals surface area contributed by atoms with Crippen molar-refractivity contribution in [3.63, 3.8) is 0 Å². The molecule has 0 bridgehead atoms. The van der Waals surface area contributed by atoms with Gasteiger partial charge in [-0.15, -0.1) is 0 Å². The van der Waals surface area contributed by atoms with E-state index in [2.05, 4.69) is 22.0 Å². The van der Waals surface area contributed by atoms with Crippen LogP contribution in [0.25, 0.3) is 0 Å².